The van der Waals surface area contributed by atoms with Gasteiger partial charge in [0.15, 0.2) is 5.82 Å². The van der Waals surface area contributed by atoms with Crippen LogP contribution in [0.1, 0.15) is 69.9 Å². The van der Waals surface area contributed by atoms with Crippen LogP contribution in [0.3, 0.4) is 0 Å². The highest BCUT2D eigenvalue weighted by Crippen LogP contribution is 2.44. The molecule has 4 heterocycles. The van der Waals surface area contributed by atoms with Crippen molar-refractivity contribution in [3.8, 4) is 11.4 Å². The summed E-state index contributed by atoms with van der Waals surface area (Å²) in [6.45, 7) is 11.0. The lowest BCUT2D eigenvalue weighted by molar-refractivity contribution is 0.236. The van der Waals surface area contributed by atoms with E-state index in [2.05, 4.69) is 77.9 Å². The fourth-order valence-electron chi connectivity index (χ4n) is 5.39. The van der Waals surface area contributed by atoms with Crippen molar-refractivity contribution in [1.29, 1.82) is 0 Å². The highest BCUT2D eigenvalue weighted by molar-refractivity contribution is 5.93. The molecule has 0 amide bonds. The van der Waals surface area contributed by atoms with Gasteiger partial charge in [0.1, 0.15) is 11.6 Å². The summed E-state index contributed by atoms with van der Waals surface area (Å²) < 4.78 is 0. The van der Waals surface area contributed by atoms with Gasteiger partial charge < -0.3 is 16.0 Å². The Hall–Kier alpha value is -3.58. The Kier molecular flexibility index (Phi) is 6.48. The first-order valence-corrected chi connectivity index (χ1v) is 13.8. The first kappa shape index (κ1) is 24.7. The van der Waals surface area contributed by atoms with E-state index in [9.17, 15) is 0 Å². The lowest BCUT2D eigenvalue weighted by Crippen LogP contribution is -2.49. The number of benzene rings is 1. The Morgan fingerprint density at radius 1 is 1.00 bits per heavy atom. The molecule has 7 heteroatoms. The zero-order valence-electron chi connectivity index (χ0n) is 22.8. The lowest BCUT2D eigenvalue weighted by Gasteiger charge is -2.40. The van der Waals surface area contributed by atoms with Gasteiger partial charge in [-0.2, -0.15) is 0 Å². The zero-order chi connectivity index (χ0) is 26.3. The average Bonchev–Trinajstić information content (AvgIpc) is 3.75. The van der Waals surface area contributed by atoms with Gasteiger partial charge in [0, 0.05) is 41.6 Å². The molecule has 1 unspecified atom stereocenters. The molecule has 1 atom stereocenters. The van der Waals surface area contributed by atoms with Crippen LogP contribution in [0.5, 0.6) is 0 Å². The van der Waals surface area contributed by atoms with E-state index >= 15 is 0 Å². The largest absolute Gasteiger partial charge is 0.366 e. The van der Waals surface area contributed by atoms with Crippen molar-refractivity contribution in [3.05, 3.63) is 66.1 Å². The molecule has 7 nitrogen and oxygen atoms in total. The van der Waals surface area contributed by atoms with E-state index < -0.39 is 0 Å². The smallest absolute Gasteiger partial charge is 0.162 e. The van der Waals surface area contributed by atoms with Crippen molar-refractivity contribution in [2.45, 2.75) is 64.8 Å². The van der Waals surface area contributed by atoms with Crippen molar-refractivity contribution in [2.75, 3.05) is 23.7 Å². The van der Waals surface area contributed by atoms with E-state index in [1.165, 1.54) is 24.0 Å². The van der Waals surface area contributed by atoms with Gasteiger partial charge in [-0.1, -0.05) is 39.8 Å². The zero-order valence-corrected chi connectivity index (χ0v) is 22.8. The van der Waals surface area contributed by atoms with Crippen LogP contribution < -0.4 is 16.0 Å². The molecule has 1 aliphatic heterocycles. The third-order valence-corrected chi connectivity index (χ3v) is 7.97. The molecule has 196 valence electrons. The van der Waals surface area contributed by atoms with Crippen LogP contribution in [0, 0.1) is 5.41 Å². The number of hydrogen-bond donors (Lipinski definition) is 3. The minimum Gasteiger partial charge on any atom is -0.366 e. The van der Waals surface area contributed by atoms with E-state index in [1.54, 1.807) is 0 Å². The average molecular weight is 508 g/mol. The summed E-state index contributed by atoms with van der Waals surface area (Å²) in [5.74, 6) is 3.43. The van der Waals surface area contributed by atoms with Crippen LogP contribution in [0.25, 0.3) is 22.3 Å². The molecule has 1 aromatic carbocycles. The van der Waals surface area contributed by atoms with Crippen LogP contribution in [-0.2, 0) is 0 Å². The Balaban J connectivity index is 1.37. The summed E-state index contributed by atoms with van der Waals surface area (Å²) in [6, 6.07) is 12.8. The maximum atomic E-state index is 5.15. The topological polar surface area (TPSA) is 87.7 Å². The van der Waals surface area contributed by atoms with Crippen LogP contribution in [0.2, 0.25) is 0 Å². The minimum absolute atomic E-state index is 0.112. The van der Waals surface area contributed by atoms with Crippen LogP contribution in [0.15, 0.2) is 55.0 Å². The summed E-state index contributed by atoms with van der Waals surface area (Å²) in [5.41, 5.74) is 5.52. The first-order valence-electron chi connectivity index (χ1n) is 13.8. The lowest BCUT2D eigenvalue weighted by atomic mass is 9.80. The van der Waals surface area contributed by atoms with E-state index in [1.807, 2.05) is 30.7 Å². The molecule has 0 radical (unpaired) electrons. The molecular formula is C31H37N7. The molecule has 2 fully saturated rings. The van der Waals surface area contributed by atoms with Gasteiger partial charge in [0.05, 0.1) is 11.7 Å². The molecular weight excluding hydrogens is 470 g/mol. The number of piperidine rings is 1. The van der Waals surface area contributed by atoms with Gasteiger partial charge in [-0.3, -0.25) is 4.98 Å². The van der Waals surface area contributed by atoms with E-state index in [0.717, 1.165) is 53.3 Å². The standard InChI is InChI=1S/C31H37N7/c1-19(2)20-7-9-23(10-8-20)35-27-15-22(11-14-34-27)29-36-25-17-33-16-24(21-5-6-21)28(25)30(38-29)37-26-12-13-32-18-31(26,3)4/h7-11,14-17,19,21,26,32H,5-6,12-13,18H2,1-4H3,(H,34,35)(H,36,37,38). The summed E-state index contributed by atoms with van der Waals surface area (Å²) in [4.78, 5) is 19.3. The quantitative estimate of drug-likeness (QED) is 0.259. The molecule has 38 heavy (non-hydrogen) atoms. The van der Waals surface area contributed by atoms with Crippen LogP contribution >= 0.6 is 0 Å². The maximum Gasteiger partial charge on any atom is 0.162 e. The first-order chi connectivity index (χ1) is 18.4. The number of anilines is 3. The predicted molar refractivity (Wildman–Crippen MR) is 155 cm³/mol. The molecule has 1 saturated heterocycles. The summed E-state index contributed by atoms with van der Waals surface area (Å²) >= 11 is 0. The molecule has 2 aliphatic rings. The number of nitrogens with one attached hydrogen (secondary N) is 3. The number of pyridine rings is 2. The molecule has 1 aliphatic carbocycles. The highest BCUT2D eigenvalue weighted by atomic mass is 15.1. The number of nitrogens with zero attached hydrogens (tertiary/aromatic N) is 4. The number of rotatable bonds is 7. The second-order valence-corrected chi connectivity index (χ2v) is 11.8. The molecule has 0 bridgehead atoms. The SMILES string of the molecule is CC(C)c1ccc(Nc2cc(-c3nc(NC4CCNCC4(C)C)c4c(C5CC5)cncc4n3)ccn2)cc1. The van der Waals surface area contributed by atoms with E-state index in [-0.39, 0.29) is 5.41 Å². The van der Waals surface area contributed by atoms with E-state index in [0.29, 0.717) is 23.7 Å². The molecule has 4 aromatic rings. The molecule has 1 saturated carbocycles. The summed E-state index contributed by atoms with van der Waals surface area (Å²) in [6.07, 6.45) is 9.17. The normalized spacial score (nSPS) is 19.0. The van der Waals surface area contributed by atoms with Crippen LogP contribution in [-0.4, -0.2) is 39.1 Å². The summed E-state index contributed by atoms with van der Waals surface area (Å²) in [5, 5.41) is 12.0. The Labute approximate surface area is 224 Å². The highest BCUT2D eigenvalue weighted by Gasteiger charge is 2.34. The molecule has 6 rings (SSSR count). The second-order valence-electron chi connectivity index (χ2n) is 11.8. The molecule has 3 N–H and O–H groups in total. The van der Waals surface area contributed by atoms with Crippen LogP contribution in [0.4, 0.5) is 17.3 Å². The fraction of sp³-hybridized carbons (Fsp3) is 0.419. The molecule has 0 spiro atoms. The monoisotopic (exact) mass is 507 g/mol. The second kappa shape index (κ2) is 9.95. The fourth-order valence-corrected chi connectivity index (χ4v) is 5.39. The van der Waals surface area contributed by atoms with Crippen molar-refractivity contribution < 1.29 is 0 Å². The van der Waals surface area contributed by atoms with Crippen molar-refractivity contribution in [1.82, 2.24) is 25.3 Å². The maximum absolute atomic E-state index is 5.15. The Bertz CT molecular complexity index is 1440. The number of fused-ring (bicyclic) bond motifs is 1. The van der Waals surface area contributed by atoms with E-state index in [4.69, 9.17) is 9.97 Å². The predicted octanol–water partition coefficient (Wildman–Crippen LogP) is 6.63. The van der Waals surface area contributed by atoms with Crippen molar-refractivity contribution in [2.24, 2.45) is 5.41 Å². The number of aromatic nitrogens is 4. The van der Waals surface area contributed by atoms with Crippen molar-refractivity contribution >= 4 is 28.2 Å². The van der Waals surface area contributed by atoms with Gasteiger partial charge in [-0.25, -0.2) is 15.0 Å². The summed E-state index contributed by atoms with van der Waals surface area (Å²) in [7, 11) is 0. The van der Waals surface area contributed by atoms with Crippen molar-refractivity contribution in [3.63, 3.8) is 0 Å². The minimum atomic E-state index is 0.112. The Morgan fingerprint density at radius 3 is 2.55 bits per heavy atom. The van der Waals surface area contributed by atoms with Gasteiger partial charge in [0.25, 0.3) is 0 Å². The third kappa shape index (κ3) is 5.07. The van der Waals surface area contributed by atoms with Gasteiger partial charge >= 0.3 is 0 Å². The number of hydrogen-bond acceptors (Lipinski definition) is 7. The van der Waals surface area contributed by atoms with Gasteiger partial charge in [0.2, 0.25) is 0 Å². The van der Waals surface area contributed by atoms with Gasteiger partial charge in [-0.15, -0.1) is 0 Å². The third-order valence-electron chi connectivity index (χ3n) is 7.97. The van der Waals surface area contributed by atoms with Gasteiger partial charge in [-0.05, 0) is 78.5 Å². The molecule has 3 aromatic heterocycles. The Morgan fingerprint density at radius 2 is 1.82 bits per heavy atom.